The third kappa shape index (κ3) is 8.00. The minimum absolute atomic E-state index is 0.168. The van der Waals surface area contributed by atoms with Gasteiger partial charge in [-0.05, 0) is 86.7 Å². The van der Waals surface area contributed by atoms with E-state index in [2.05, 4.69) is 43.8 Å². The highest BCUT2D eigenvalue weighted by molar-refractivity contribution is 6.33. The average molecular weight is 591 g/mol. The number of piperidine rings is 1. The van der Waals surface area contributed by atoms with Crippen LogP contribution >= 0.6 is 11.6 Å². The van der Waals surface area contributed by atoms with Gasteiger partial charge in [0.05, 0.1) is 28.7 Å². The number of carbonyl (C=O) groups is 2. The lowest BCUT2D eigenvalue weighted by Gasteiger charge is -2.32. The maximum atomic E-state index is 12.2. The number of aliphatic hydroxyl groups is 1. The molecule has 1 saturated carbocycles. The van der Waals surface area contributed by atoms with E-state index >= 15 is 0 Å². The highest BCUT2D eigenvalue weighted by Gasteiger charge is 2.24. The molecule has 10 nitrogen and oxygen atoms in total. The fourth-order valence-electron chi connectivity index (χ4n) is 4.89. The second kappa shape index (κ2) is 13.7. The summed E-state index contributed by atoms with van der Waals surface area (Å²) >= 11 is 6.39. The summed E-state index contributed by atoms with van der Waals surface area (Å²) in [4.78, 5) is 31.0. The largest absolute Gasteiger partial charge is 0.457 e. The van der Waals surface area contributed by atoms with Crippen molar-refractivity contribution in [3.63, 3.8) is 0 Å². The fraction of sp³-hybridized carbons (Fsp3) is 0.323. The Kier molecular flexibility index (Phi) is 9.58. The Balaban J connectivity index is 1.27. The van der Waals surface area contributed by atoms with Crippen LogP contribution in [0.1, 0.15) is 37.2 Å². The van der Waals surface area contributed by atoms with E-state index in [1.54, 1.807) is 36.5 Å². The maximum absolute atomic E-state index is 12.2. The van der Waals surface area contributed by atoms with Crippen LogP contribution in [-0.2, 0) is 4.79 Å². The molecule has 3 aromatic rings. The number of aliphatic hydroxyl groups excluding tert-OH is 1. The quantitative estimate of drug-likeness (QED) is 0.177. The first-order valence-corrected chi connectivity index (χ1v) is 14.5. The number of hydrogen-bond donors (Lipinski definition) is 5. The predicted molar refractivity (Wildman–Crippen MR) is 165 cm³/mol. The van der Waals surface area contributed by atoms with Gasteiger partial charge in [0.1, 0.15) is 17.3 Å². The molecule has 0 radical (unpaired) electrons. The Morgan fingerprint density at radius 1 is 1.00 bits per heavy atom. The molecule has 1 aromatic heterocycles. The van der Waals surface area contributed by atoms with Gasteiger partial charge in [-0.25, -0.2) is 9.78 Å². The van der Waals surface area contributed by atoms with E-state index in [0.717, 1.165) is 44.3 Å². The molecule has 220 valence electrons. The van der Waals surface area contributed by atoms with Gasteiger partial charge < -0.3 is 36.0 Å². The smallest absolute Gasteiger partial charge is 0.319 e. The number of pyridine rings is 1. The standard InChI is InChI=1S/C31H35ClN6O4/c1-2-30(40)36-28-17-21(20-10-13-38(14-11-20)15-16-39)3-7-27(28)35-29-19-24(9-12-33-29)42-23-6-8-26(25(32)18-23)37-31(41)34-22-4-5-22/h2-3,6-9,12,17-20,22,39H,1,4-5,10-11,13-16H2,(H,33,35)(H,36,40)(H2,34,37,41). The van der Waals surface area contributed by atoms with E-state index in [9.17, 15) is 14.7 Å². The SMILES string of the molecule is C=CC(=O)Nc1cc(C2CCN(CCO)CC2)ccc1Nc1cc(Oc2ccc(NC(=O)NC3CC3)c(Cl)c2)ccn1. The van der Waals surface area contributed by atoms with Crippen LogP contribution in [0.2, 0.25) is 5.02 Å². The Morgan fingerprint density at radius 2 is 1.76 bits per heavy atom. The van der Waals surface area contributed by atoms with Crippen molar-refractivity contribution in [2.45, 2.75) is 37.6 Å². The summed E-state index contributed by atoms with van der Waals surface area (Å²) < 4.78 is 6.01. The molecule has 42 heavy (non-hydrogen) atoms. The van der Waals surface area contributed by atoms with Crippen molar-refractivity contribution in [3.8, 4) is 11.5 Å². The Bertz CT molecular complexity index is 1440. The van der Waals surface area contributed by atoms with Crippen LogP contribution in [0.4, 0.5) is 27.7 Å². The number of nitrogens with zero attached hydrogens (tertiary/aromatic N) is 2. The Hall–Kier alpha value is -4.12. The highest BCUT2D eigenvalue weighted by atomic mass is 35.5. The molecule has 11 heteroatoms. The summed E-state index contributed by atoms with van der Waals surface area (Å²) in [6.07, 6.45) is 6.82. The Labute approximate surface area is 250 Å². The van der Waals surface area contributed by atoms with Crippen molar-refractivity contribution >= 4 is 46.4 Å². The van der Waals surface area contributed by atoms with Crippen LogP contribution in [-0.4, -0.2) is 59.2 Å². The van der Waals surface area contributed by atoms with E-state index in [4.69, 9.17) is 16.3 Å². The molecule has 0 atom stereocenters. The molecule has 0 spiro atoms. The van der Waals surface area contributed by atoms with Gasteiger partial charge in [0.15, 0.2) is 0 Å². The Morgan fingerprint density at radius 3 is 2.48 bits per heavy atom. The molecule has 2 heterocycles. The van der Waals surface area contributed by atoms with Crippen LogP contribution < -0.4 is 26.0 Å². The molecule has 2 fully saturated rings. The second-order valence-corrected chi connectivity index (χ2v) is 10.9. The summed E-state index contributed by atoms with van der Waals surface area (Å²) in [5.41, 5.74) is 2.95. The zero-order chi connectivity index (χ0) is 29.5. The van der Waals surface area contributed by atoms with Crippen molar-refractivity contribution in [2.75, 3.05) is 42.2 Å². The molecule has 1 aliphatic carbocycles. The van der Waals surface area contributed by atoms with Crippen molar-refractivity contribution in [2.24, 2.45) is 0 Å². The van der Waals surface area contributed by atoms with Crippen LogP contribution in [0.3, 0.4) is 0 Å². The molecule has 1 saturated heterocycles. The number of ether oxygens (including phenoxy) is 1. The van der Waals surface area contributed by atoms with Crippen molar-refractivity contribution in [1.82, 2.24) is 15.2 Å². The molecule has 2 aromatic carbocycles. The molecule has 5 rings (SSSR count). The van der Waals surface area contributed by atoms with Gasteiger partial charge in [-0.1, -0.05) is 24.2 Å². The zero-order valence-corrected chi connectivity index (χ0v) is 24.0. The molecule has 2 aliphatic rings. The normalized spacial score (nSPS) is 15.5. The molecular weight excluding hydrogens is 556 g/mol. The minimum atomic E-state index is -0.308. The summed E-state index contributed by atoms with van der Waals surface area (Å²) in [7, 11) is 0. The number of likely N-dealkylation sites (tertiary alicyclic amines) is 1. The number of amides is 3. The van der Waals surface area contributed by atoms with Crippen LogP contribution in [0.25, 0.3) is 0 Å². The topological polar surface area (TPSA) is 128 Å². The van der Waals surface area contributed by atoms with E-state index in [1.807, 2.05) is 12.1 Å². The summed E-state index contributed by atoms with van der Waals surface area (Å²) in [6.45, 7) is 6.30. The van der Waals surface area contributed by atoms with E-state index in [0.29, 0.717) is 51.9 Å². The van der Waals surface area contributed by atoms with Gasteiger partial charge in [0.2, 0.25) is 5.91 Å². The number of benzene rings is 2. The van der Waals surface area contributed by atoms with E-state index < -0.39 is 0 Å². The second-order valence-electron chi connectivity index (χ2n) is 10.5. The van der Waals surface area contributed by atoms with Crippen LogP contribution in [0, 0.1) is 0 Å². The number of anilines is 4. The van der Waals surface area contributed by atoms with Gasteiger partial charge >= 0.3 is 6.03 Å². The third-order valence-corrected chi connectivity index (χ3v) is 7.61. The van der Waals surface area contributed by atoms with Gasteiger partial charge in [-0.2, -0.15) is 0 Å². The summed E-state index contributed by atoms with van der Waals surface area (Å²) in [5.74, 6) is 1.60. The van der Waals surface area contributed by atoms with Gasteiger partial charge in [0, 0.05) is 30.9 Å². The molecule has 5 N–H and O–H groups in total. The third-order valence-electron chi connectivity index (χ3n) is 7.29. The minimum Gasteiger partial charge on any atom is -0.457 e. The van der Waals surface area contributed by atoms with Gasteiger partial charge in [-0.15, -0.1) is 0 Å². The molecule has 3 amide bonds. The van der Waals surface area contributed by atoms with Crippen molar-refractivity contribution in [3.05, 3.63) is 78.0 Å². The number of urea groups is 1. The first-order chi connectivity index (χ1) is 20.4. The monoisotopic (exact) mass is 590 g/mol. The van der Waals surface area contributed by atoms with Crippen molar-refractivity contribution in [1.29, 1.82) is 0 Å². The number of carbonyl (C=O) groups excluding carboxylic acids is 2. The predicted octanol–water partition coefficient (Wildman–Crippen LogP) is 5.85. The summed E-state index contributed by atoms with van der Waals surface area (Å²) in [6, 6.07) is 14.5. The molecule has 0 bridgehead atoms. The zero-order valence-electron chi connectivity index (χ0n) is 23.2. The number of rotatable bonds is 11. The molecule has 0 unspecified atom stereocenters. The van der Waals surface area contributed by atoms with Gasteiger partial charge in [0.25, 0.3) is 0 Å². The number of β-amino-alcohol motifs (C(OH)–C–C–N with tert-alkyl or cyclic N) is 1. The van der Waals surface area contributed by atoms with E-state index in [-0.39, 0.29) is 24.6 Å². The van der Waals surface area contributed by atoms with Crippen LogP contribution in [0.5, 0.6) is 11.5 Å². The fourth-order valence-corrected chi connectivity index (χ4v) is 5.11. The summed E-state index contributed by atoms with van der Waals surface area (Å²) in [5, 5.41) is 21.4. The van der Waals surface area contributed by atoms with Gasteiger partial charge in [-0.3, -0.25) is 4.79 Å². The highest BCUT2D eigenvalue weighted by Crippen LogP contribution is 2.35. The number of aromatic nitrogens is 1. The molecular formula is C31H35ClN6O4. The van der Waals surface area contributed by atoms with Crippen molar-refractivity contribution < 1.29 is 19.4 Å². The first kappa shape index (κ1) is 29.4. The average Bonchev–Trinajstić information content (AvgIpc) is 3.80. The number of nitrogens with one attached hydrogen (secondary N) is 4. The molecule has 1 aliphatic heterocycles. The lowest BCUT2D eigenvalue weighted by Crippen LogP contribution is -2.34. The van der Waals surface area contributed by atoms with Crippen LogP contribution in [0.15, 0.2) is 67.4 Å². The first-order valence-electron chi connectivity index (χ1n) is 14.1. The lowest BCUT2D eigenvalue weighted by atomic mass is 9.89. The maximum Gasteiger partial charge on any atom is 0.319 e. The number of hydrogen-bond acceptors (Lipinski definition) is 7. The van der Waals surface area contributed by atoms with E-state index in [1.165, 1.54) is 6.08 Å². The number of halogens is 1. The lowest BCUT2D eigenvalue weighted by molar-refractivity contribution is -0.111.